The lowest BCUT2D eigenvalue weighted by atomic mass is 10.0. The molecule has 0 saturated carbocycles. The first-order valence-electron chi connectivity index (χ1n) is 7.33. The van der Waals surface area contributed by atoms with Crippen LogP contribution in [0.4, 0.5) is 0 Å². The van der Waals surface area contributed by atoms with Gasteiger partial charge in [0.2, 0.25) is 0 Å². The molecule has 0 radical (unpaired) electrons. The largest absolute Gasteiger partial charge is 0.487 e. The highest BCUT2D eigenvalue weighted by molar-refractivity contribution is 5.50. The van der Waals surface area contributed by atoms with Gasteiger partial charge in [0.1, 0.15) is 18.3 Å². The van der Waals surface area contributed by atoms with Crippen molar-refractivity contribution < 1.29 is 19.3 Å². The molecule has 0 amide bonds. The number of hydrogen-bond acceptors (Lipinski definition) is 5. The molecule has 0 saturated heterocycles. The van der Waals surface area contributed by atoms with Gasteiger partial charge in [0.15, 0.2) is 11.5 Å². The molecule has 1 aromatic rings. The second kappa shape index (κ2) is 7.11. The second-order valence-electron chi connectivity index (χ2n) is 5.94. The summed E-state index contributed by atoms with van der Waals surface area (Å²) in [7, 11) is 1.65. The number of ether oxygens (including phenoxy) is 3. The van der Waals surface area contributed by atoms with E-state index in [1.54, 1.807) is 7.11 Å². The van der Waals surface area contributed by atoms with Crippen LogP contribution in [0.15, 0.2) is 18.2 Å². The van der Waals surface area contributed by atoms with E-state index in [1.807, 2.05) is 12.1 Å². The molecule has 2 rings (SSSR count). The fourth-order valence-electron chi connectivity index (χ4n) is 2.39. The van der Waals surface area contributed by atoms with Gasteiger partial charge >= 0.3 is 0 Å². The number of aliphatic hydroxyl groups is 1. The van der Waals surface area contributed by atoms with E-state index in [9.17, 15) is 5.11 Å². The number of hydrogen-bond donors (Lipinski definition) is 2. The number of aliphatic hydroxyl groups excluding tert-OH is 1. The number of nitrogens with one attached hydrogen (secondary N) is 1. The van der Waals surface area contributed by atoms with Crippen LogP contribution >= 0.6 is 0 Å². The molecule has 5 nitrogen and oxygen atoms in total. The number of methoxy groups -OCH3 is 1. The van der Waals surface area contributed by atoms with Gasteiger partial charge in [-0.15, -0.1) is 0 Å². The van der Waals surface area contributed by atoms with E-state index in [-0.39, 0.29) is 12.2 Å². The molecular weight excluding hydrogens is 270 g/mol. The van der Waals surface area contributed by atoms with Crippen LogP contribution in [0.5, 0.6) is 11.5 Å². The summed E-state index contributed by atoms with van der Waals surface area (Å²) < 4.78 is 16.6. The molecule has 21 heavy (non-hydrogen) atoms. The highest BCUT2D eigenvalue weighted by atomic mass is 16.5. The van der Waals surface area contributed by atoms with Crippen LogP contribution in [0.1, 0.15) is 19.4 Å². The zero-order valence-corrected chi connectivity index (χ0v) is 13.0. The molecule has 2 N–H and O–H groups in total. The molecule has 1 aromatic carbocycles. The van der Waals surface area contributed by atoms with E-state index in [2.05, 4.69) is 25.2 Å². The quantitative estimate of drug-likeness (QED) is 0.710. The van der Waals surface area contributed by atoms with Gasteiger partial charge in [0, 0.05) is 32.2 Å². The topological polar surface area (TPSA) is 60.0 Å². The smallest absolute Gasteiger partial charge is 0.165 e. The minimum Gasteiger partial charge on any atom is -0.487 e. The molecular formula is C16H25NO4. The lowest BCUT2D eigenvalue weighted by Crippen LogP contribution is -2.33. The van der Waals surface area contributed by atoms with Gasteiger partial charge in [0.05, 0.1) is 6.61 Å². The summed E-state index contributed by atoms with van der Waals surface area (Å²) in [5.74, 6) is 1.51. The third kappa shape index (κ3) is 4.59. The first kappa shape index (κ1) is 16.1. The normalized spacial score (nSPS) is 17.1. The Morgan fingerprint density at radius 3 is 3.00 bits per heavy atom. The molecule has 118 valence electrons. The number of para-hydroxylation sites is 1. The van der Waals surface area contributed by atoms with Crippen LogP contribution in [0.2, 0.25) is 0 Å². The van der Waals surface area contributed by atoms with Crippen molar-refractivity contribution in [2.45, 2.75) is 32.0 Å². The zero-order chi connectivity index (χ0) is 15.3. The fourth-order valence-corrected chi connectivity index (χ4v) is 2.39. The Labute approximate surface area is 126 Å². The summed E-state index contributed by atoms with van der Waals surface area (Å²) in [6, 6.07) is 5.90. The van der Waals surface area contributed by atoms with Crippen LogP contribution in [-0.4, -0.2) is 50.2 Å². The van der Waals surface area contributed by atoms with Crippen LogP contribution in [-0.2, 0) is 11.2 Å². The van der Waals surface area contributed by atoms with E-state index in [1.165, 1.54) is 0 Å². The lowest BCUT2D eigenvalue weighted by molar-refractivity contribution is 0.0953. The van der Waals surface area contributed by atoms with Gasteiger partial charge in [-0.25, -0.2) is 0 Å². The predicted molar refractivity (Wildman–Crippen MR) is 81.1 cm³/mol. The third-order valence-electron chi connectivity index (χ3n) is 3.35. The Kier molecular flexibility index (Phi) is 5.45. The molecule has 1 aliphatic rings. The lowest BCUT2D eigenvalue weighted by Gasteiger charge is -2.19. The van der Waals surface area contributed by atoms with Crippen LogP contribution in [0, 0.1) is 0 Å². The molecule has 1 unspecified atom stereocenters. The molecule has 0 aliphatic carbocycles. The van der Waals surface area contributed by atoms with E-state index >= 15 is 0 Å². The minimum absolute atomic E-state index is 0.192. The maximum absolute atomic E-state index is 9.89. The van der Waals surface area contributed by atoms with E-state index in [0.29, 0.717) is 25.4 Å². The van der Waals surface area contributed by atoms with Gasteiger partial charge in [-0.05, 0) is 19.9 Å². The average Bonchev–Trinajstić information content (AvgIpc) is 2.75. The molecule has 0 bridgehead atoms. The Morgan fingerprint density at radius 2 is 2.24 bits per heavy atom. The monoisotopic (exact) mass is 295 g/mol. The van der Waals surface area contributed by atoms with E-state index < -0.39 is 6.10 Å². The maximum Gasteiger partial charge on any atom is 0.165 e. The molecule has 0 spiro atoms. The fraction of sp³-hybridized carbons (Fsp3) is 0.625. The van der Waals surface area contributed by atoms with E-state index in [0.717, 1.165) is 17.7 Å². The molecule has 0 aromatic heterocycles. The molecule has 1 aliphatic heterocycles. The van der Waals surface area contributed by atoms with Gasteiger partial charge in [0.25, 0.3) is 0 Å². The van der Waals surface area contributed by atoms with Crippen molar-refractivity contribution in [3.8, 4) is 11.5 Å². The standard InChI is InChI=1S/C16H25NO4/c1-16(2)9-12-5-4-6-14(15(12)21-16)20-11-13(18)10-17-7-8-19-3/h4-6,13,17-18H,7-11H2,1-3H3. The van der Waals surface area contributed by atoms with Crippen molar-refractivity contribution in [3.05, 3.63) is 23.8 Å². The van der Waals surface area contributed by atoms with Crippen LogP contribution in [0.3, 0.4) is 0 Å². The van der Waals surface area contributed by atoms with Crippen molar-refractivity contribution in [3.63, 3.8) is 0 Å². The highest BCUT2D eigenvalue weighted by Gasteiger charge is 2.32. The molecule has 1 heterocycles. The number of fused-ring (bicyclic) bond motifs is 1. The highest BCUT2D eigenvalue weighted by Crippen LogP contribution is 2.41. The Bertz CT molecular complexity index is 462. The number of benzene rings is 1. The van der Waals surface area contributed by atoms with Crippen molar-refractivity contribution in [2.24, 2.45) is 0 Å². The summed E-state index contributed by atoms with van der Waals surface area (Å²) in [4.78, 5) is 0. The maximum atomic E-state index is 9.89. The summed E-state index contributed by atoms with van der Waals surface area (Å²) in [6.45, 7) is 6.18. The SMILES string of the molecule is COCCNCC(O)COc1cccc2c1OC(C)(C)C2. The first-order chi connectivity index (χ1) is 10.0. The van der Waals surface area contributed by atoms with Crippen molar-refractivity contribution >= 4 is 0 Å². The summed E-state index contributed by atoms with van der Waals surface area (Å²) in [5.41, 5.74) is 0.965. The Balaban J connectivity index is 1.83. The second-order valence-corrected chi connectivity index (χ2v) is 5.94. The predicted octanol–water partition coefficient (Wildman–Crippen LogP) is 1.38. The van der Waals surface area contributed by atoms with Crippen LogP contribution < -0.4 is 14.8 Å². The Morgan fingerprint density at radius 1 is 1.43 bits per heavy atom. The van der Waals surface area contributed by atoms with Gasteiger partial charge in [-0.2, -0.15) is 0 Å². The van der Waals surface area contributed by atoms with Crippen molar-refractivity contribution in [1.82, 2.24) is 5.32 Å². The Hall–Kier alpha value is -1.30. The van der Waals surface area contributed by atoms with E-state index in [4.69, 9.17) is 14.2 Å². The van der Waals surface area contributed by atoms with Crippen molar-refractivity contribution in [1.29, 1.82) is 0 Å². The van der Waals surface area contributed by atoms with Crippen LogP contribution in [0.25, 0.3) is 0 Å². The van der Waals surface area contributed by atoms with Crippen molar-refractivity contribution in [2.75, 3.05) is 33.4 Å². The summed E-state index contributed by atoms with van der Waals surface area (Å²) >= 11 is 0. The third-order valence-corrected chi connectivity index (χ3v) is 3.35. The molecule has 1 atom stereocenters. The average molecular weight is 295 g/mol. The first-order valence-corrected chi connectivity index (χ1v) is 7.33. The summed E-state index contributed by atoms with van der Waals surface area (Å²) in [6.07, 6.45) is 0.313. The van der Waals surface area contributed by atoms with Gasteiger partial charge < -0.3 is 24.6 Å². The van der Waals surface area contributed by atoms with Gasteiger partial charge in [-0.1, -0.05) is 12.1 Å². The van der Waals surface area contributed by atoms with Gasteiger partial charge in [-0.3, -0.25) is 0 Å². The number of rotatable bonds is 8. The summed E-state index contributed by atoms with van der Waals surface area (Å²) in [5, 5.41) is 13.0. The zero-order valence-electron chi connectivity index (χ0n) is 13.0. The molecule has 0 fully saturated rings. The minimum atomic E-state index is -0.563. The molecule has 5 heteroatoms.